The standard InChI is InChI=1S/C12H22O3Si/c1-12(2,3)16(4,5)14-8-6-7-10-11(9-13)15-10/h6-7,9-11H,8H2,1-5H3/b7-6+. The molecule has 0 bridgehead atoms. The lowest BCUT2D eigenvalue weighted by atomic mass is 10.2. The number of hydrogen-bond donors (Lipinski definition) is 0. The zero-order valence-electron chi connectivity index (χ0n) is 10.8. The Labute approximate surface area is 99.0 Å². The van der Waals surface area contributed by atoms with Gasteiger partial charge >= 0.3 is 0 Å². The van der Waals surface area contributed by atoms with Gasteiger partial charge in [0.2, 0.25) is 0 Å². The molecule has 4 heteroatoms. The van der Waals surface area contributed by atoms with Crippen molar-refractivity contribution in [2.75, 3.05) is 6.61 Å². The molecule has 92 valence electrons. The second-order valence-corrected chi connectivity index (χ2v) is 10.5. The highest BCUT2D eigenvalue weighted by Crippen LogP contribution is 2.36. The van der Waals surface area contributed by atoms with Gasteiger partial charge in [-0.3, -0.25) is 0 Å². The van der Waals surface area contributed by atoms with E-state index in [9.17, 15) is 4.79 Å². The number of rotatable bonds is 5. The van der Waals surface area contributed by atoms with Crippen LogP contribution in [0.4, 0.5) is 0 Å². The van der Waals surface area contributed by atoms with Crippen LogP contribution < -0.4 is 0 Å². The predicted octanol–water partition coefficient (Wildman–Crippen LogP) is 2.53. The number of ether oxygens (including phenoxy) is 1. The molecule has 3 nitrogen and oxygen atoms in total. The molecule has 1 aliphatic heterocycles. The Morgan fingerprint density at radius 2 is 1.94 bits per heavy atom. The van der Waals surface area contributed by atoms with E-state index in [-0.39, 0.29) is 17.2 Å². The van der Waals surface area contributed by atoms with Gasteiger partial charge in [-0.1, -0.05) is 32.9 Å². The van der Waals surface area contributed by atoms with Gasteiger partial charge in [-0.2, -0.15) is 0 Å². The van der Waals surface area contributed by atoms with Crippen molar-refractivity contribution in [3.05, 3.63) is 12.2 Å². The van der Waals surface area contributed by atoms with Crippen molar-refractivity contribution in [3.63, 3.8) is 0 Å². The number of hydrogen-bond acceptors (Lipinski definition) is 3. The van der Waals surface area contributed by atoms with Gasteiger partial charge in [-0.25, -0.2) is 0 Å². The molecule has 0 spiro atoms. The van der Waals surface area contributed by atoms with E-state index in [0.29, 0.717) is 6.61 Å². The van der Waals surface area contributed by atoms with Crippen LogP contribution in [-0.2, 0) is 14.0 Å². The average molecular weight is 242 g/mol. The van der Waals surface area contributed by atoms with Gasteiger partial charge in [0.1, 0.15) is 12.2 Å². The van der Waals surface area contributed by atoms with Crippen molar-refractivity contribution in [1.82, 2.24) is 0 Å². The summed E-state index contributed by atoms with van der Waals surface area (Å²) in [7, 11) is -1.64. The molecule has 2 atom stereocenters. The summed E-state index contributed by atoms with van der Waals surface area (Å²) in [5.74, 6) is 0. The number of epoxide rings is 1. The molecule has 1 saturated heterocycles. The molecule has 1 rings (SSSR count). The van der Waals surface area contributed by atoms with Crippen LogP contribution in [0.1, 0.15) is 20.8 Å². The van der Waals surface area contributed by atoms with Gasteiger partial charge in [-0.05, 0) is 18.1 Å². The Bertz CT molecular complexity index is 278. The lowest BCUT2D eigenvalue weighted by molar-refractivity contribution is -0.108. The van der Waals surface area contributed by atoms with Crippen molar-refractivity contribution in [2.24, 2.45) is 0 Å². The highest BCUT2D eigenvalue weighted by Gasteiger charge is 2.37. The van der Waals surface area contributed by atoms with Crippen LogP contribution in [0, 0.1) is 0 Å². The zero-order chi connectivity index (χ0) is 12.4. The topological polar surface area (TPSA) is 38.8 Å². The third kappa shape index (κ3) is 3.54. The molecular formula is C12H22O3Si. The third-order valence-corrected chi connectivity index (χ3v) is 7.87. The summed E-state index contributed by atoms with van der Waals surface area (Å²) in [5.41, 5.74) is 0. The monoisotopic (exact) mass is 242 g/mol. The summed E-state index contributed by atoms with van der Waals surface area (Å²) in [5, 5.41) is 0.238. The molecule has 1 fully saturated rings. The Morgan fingerprint density at radius 1 is 1.31 bits per heavy atom. The molecule has 0 aliphatic carbocycles. The van der Waals surface area contributed by atoms with Crippen molar-refractivity contribution < 1.29 is 14.0 Å². The first-order valence-electron chi connectivity index (χ1n) is 5.69. The maximum atomic E-state index is 10.3. The Kier molecular flexibility index (Phi) is 4.10. The molecule has 1 aliphatic rings. The van der Waals surface area contributed by atoms with Gasteiger partial charge in [0, 0.05) is 0 Å². The lowest BCUT2D eigenvalue weighted by Crippen LogP contribution is -2.40. The van der Waals surface area contributed by atoms with Crippen molar-refractivity contribution in [1.29, 1.82) is 0 Å². The molecule has 0 aromatic rings. The van der Waals surface area contributed by atoms with E-state index < -0.39 is 8.32 Å². The average Bonchev–Trinajstić information content (AvgIpc) is 2.89. The van der Waals surface area contributed by atoms with E-state index in [2.05, 4.69) is 33.9 Å². The highest BCUT2D eigenvalue weighted by molar-refractivity contribution is 6.74. The minimum atomic E-state index is -1.64. The fourth-order valence-electron chi connectivity index (χ4n) is 1.06. The fourth-order valence-corrected chi connectivity index (χ4v) is 2.01. The zero-order valence-corrected chi connectivity index (χ0v) is 11.8. The summed E-state index contributed by atoms with van der Waals surface area (Å²) in [6.45, 7) is 11.7. The predicted molar refractivity (Wildman–Crippen MR) is 67.0 cm³/mol. The Morgan fingerprint density at radius 3 is 2.38 bits per heavy atom. The molecule has 0 amide bonds. The second-order valence-electron chi connectivity index (χ2n) is 5.70. The van der Waals surface area contributed by atoms with E-state index in [0.717, 1.165) is 6.29 Å². The molecule has 0 saturated carbocycles. The fraction of sp³-hybridized carbons (Fsp3) is 0.750. The first kappa shape index (κ1) is 13.6. The maximum absolute atomic E-state index is 10.3. The minimum Gasteiger partial charge on any atom is -0.413 e. The Balaban J connectivity index is 2.28. The smallest absolute Gasteiger partial charge is 0.192 e. The molecular weight excluding hydrogens is 220 g/mol. The third-order valence-electron chi connectivity index (χ3n) is 3.37. The molecule has 16 heavy (non-hydrogen) atoms. The summed E-state index contributed by atoms with van der Waals surface area (Å²) in [4.78, 5) is 10.3. The highest BCUT2D eigenvalue weighted by atomic mass is 28.4. The summed E-state index contributed by atoms with van der Waals surface area (Å²) < 4.78 is 11.0. The number of aldehydes is 1. The van der Waals surface area contributed by atoms with Crippen LogP contribution in [0.3, 0.4) is 0 Å². The first-order valence-corrected chi connectivity index (χ1v) is 8.60. The van der Waals surface area contributed by atoms with Crippen LogP contribution in [0.25, 0.3) is 0 Å². The van der Waals surface area contributed by atoms with Gasteiger partial charge in [-0.15, -0.1) is 0 Å². The van der Waals surface area contributed by atoms with Crippen LogP contribution in [0.15, 0.2) is 12.2 Å². The number of carbonyl (C=O) groups is 1. The number of carbonyl (C=O) groups excluding carboxylic acids is 1. The normalized spacial score (nSPS) is 26.1. The maximum Gasteiger partial charge on any atom is 0.192 e. The Hall–Kier alpha value is -0.453. The molecule has 1 heterocycles. The summed E-state index contributed by atoms with van der Waals surface area (Å²) in [6.07, 6.45) is 4.47. The van der Waals surface area contributed by atoms with Crippen LogP contribution in [-0.4, -0.2) is 33.4 Å². The van der Waals surface area contributed by atoms with E-state index in [1.807, 2.05) is 12.2 Å². The van der Waals surface area contributed by atoms with Crippen molar-refractivity contribution in [2.45, 2.75) is 51.1 Å². The van der Waals surface area contributed by atoms with Crippen molar-refractivity contribution >= 4 is 14.6 Å². The second kappa shape index (κ2) is 4.81. The van der Waals surface area contributed by atoms with Gasteiger partial charge < -0.3 is 14.0 Å². The first-order chi connectivity index (χ1) is 7.28. The van der Waals surface area contributed by atoms with Crippen LogP contribution in [0.2, 0.25) is 18.1 Å². The molecule has 2 unspecified atom stereocenters. The van der Waals surface area contributed by atoms with E-state index >= 15 is 0 Å². The summed E-state index contributed by atoms with van der Waals surface area (Å²) in [6, 6.07) is 0. The molecule has 0 aromatic heterocycles. The van der Waals surface area contributed by atoms with Crippen molar-refractivity contribution in [3.8, 4) is 0 Å². The molecule has 0 N–H and O–H groups in total. The lowest BCUT2D eigenvalue weighted by Gasteiger charge is -2.35. The molecule has 0 aromatic carbocycles. The van der Waals surface area contributed by atoms with E-state index in [4.69, 9.17) is 9.16 Å². The quantitative estimate of drug-likeness (QED) is 0.322. The van der Waals surface area contributed by atoms with Crippen LogP contribution >= 0.6 is 0 Å². The minimum absolute atomic E-state index is 0.0134. The van der Waals surface area contributed by atoms with E-state index in [1.54, 1.807) is 0 Å². The van der Waals surface area contributed by atoms with Crippen LogP contribution in [0.5, 0.6) is 0 Å². The molecule has 0 radical (unpaired) electrons. The van der Waals surface area contributed by atoms with E-state index in [1.165, 1.54) is 0 Å². The summed E-state index contributed by atoms with van der Waals surface area (Å²) >= 11 is 0. The van der Waals surface area contributed by atoms with Gasteiger partial charge in [0.25, 0.3) is 0 Å². The SMILES string of the molecule is CC(C)(C)[Si](C)(C)OC/C=C/C1OC1C=O. The van der Waals surface area contributed by atoms with Gasteiger partial charge in [0.15, 0.2) is 14.6 Å². The largest absolute Gasteiger partial charge is 0.413 e. The van der Waals surface area contributed by atoms with Gasteiger partial charge in [0.05, 0.1) is 6.61 Å².